The molecule has 0 aliphatic carbocycles. The zero-order chi connectivity index (χ0) is 19.8. The first-order valence-electron chi connectivity index (χ1n) is 9.38. The first kappa shape index (κ1) is 19.3. The molecule has 3 aliphatic heterocycles. The van der Waals surface area contributed by atoms with Gasteiger partial charge in [0.2, 0.25) is 0 Å². The third kappa shape index (κ3) is 2.66. The van der Waals surface area contributed by atoms with Crippen molar-refractivity contribution in [3.8, 4) is 0 Å². The number of benzene rings is 1. The summed E-state index contributed by atoms with van der Waals surface area (Å²) in [5, 5.41) is 5.59. The normalized spacial score (nSPS) is 34.3. The number of hydroxylamine groups is 2. The molecule has 3 aliphatic rings. The number of rotatable bonds is 6. The first-order valence-corrected chi connectivity index (χ1v) is 9.38. The summed E-state index contributed by atoms with van der Waals surface area (Å²) >= 11 is 0. The SMILES string of the molecule is CCO[C@H]1C[C@@]2(C(=O)OC)ON=C(c3ccccc3)[C@]23C[C@H](OCC)ON3O1. The molecule has 4 atom stereocenters. The van der Waals surface area contributed by atoms with Gasteiger partial charge in [-0.15, -0.1) is 0 Å². The predicted molar refractivity (Wildman–Crippen MR) is 95.6 cm³/mol. The molecule has 0 amide bonds. The van der Waals surface area contributed by atoms with E-state index in [-0.39, 0.29) is 12.8 Å². The number of methoxy groups -OCH3 is 1. The number of hydrogen-bond acceptors (Lipinski definition) is 9. The molecule has 0 bridgehead atoms. The monoisotopic (exact) mass is 392 g/mol. The molecule has 0 radical (unpaired) electrons. The van der Waals surface area contributed by atoms with Crippen molar-refractivity contribution < 1.29 is 33.5 Å². The van der Waals surface area contributed by atoms with Crippen molar-refractivity contribution in [1.29, 1.82) is 0 Å². The Labute approximate surface area is 163 Å². The van der Waals surface area contributed by atoms with Gasteiger partial charge in [-0.25, -0.2) is 14.5 Å². The van der Waals surface area contributed by atoms with Crippen LogP contribution in [0.25, 0.3) is 0 Å². The van der Waals surface area contributed by atoms with Gasteiger partial charge in [-0.1, -0.05) is 35.5 Å². The molecule has 1 aromatic carbocycles. The lowest BCUT2D eigenvalue weighted by atomic mass is 9.70. The number of carbonyl (C=O) groups is 1. The molecular weight excluding hydrogens is 368 g/mol. The molecule has 9 nitrogen and oxygen atoms in total. The maximum atomic E-state index is 13.0. The molecule has 0 unspecified atom stereocenters. The summed E-state index contributed by atoms with van der Waals surface area (Å²) in [5.74, 6) is -0.569. The van der Waals surface area contributed by atoms with Crippen LogP contribution in [-0.2, 0) is 33.5 Å². The molecule has 0 aromatic heterocycles. The van der Waals surface area contributed by atoms with Crippen molar-refractivity contribution in [3.63, 3.8) is 0 Å². The lowest BCUT2D eigenvalue weighted by Gasteiger charge is -2.47. The van der Waals surface area contributed by atoms with Gasteiger partial charge in [-0.2, -0.15) is 0 Å². The van der Waals surface area contributed by atoms with Gasteiger partial charge in [0.25, 0.3) is 5.60 Å². The predicted octanol–water partition coefficient (Wildman–Crippen LogP) is 1.77. The Hall–Kier alpha value is -2.04. The molecule has 9 heteroatoms. The van der Waals surface area contributed by atoms with E-state index in [0.717, 1.165) is 5.56 Å². The second-order valence-corrected chi connectivity index (χ2v) is 6.72. The van der Waals surface area contributed by atoms with E-state index in [1.165, 1.54) is 12.3 Å². The van der Waals surface area contributed by atoms with Crippen molar-refractivity contribution in [3.05, 3.63) is 35.9 Å². The summed E-state index contributed by atoms with van der Waals surface area (Å²) in [6.07, 6.45) is -1.01. The van der Waals surface area contributed by atoms with Crippen LogP contribution >= 0.6 is 0 Å². The molecule has 152 valence electrons. The van der Waals surface area contributed by atoms with E-state index >= 15 is 0 Å². The fourth-order valence-corrected chi connectivity index (χ4v) is 4.10. The summed E-state index contributed by atoms with van der Waals surface area (Å²) < 4.78 is 16.4. The Morgan fingerprint density at radius 2 is 1.79 bits per heavy atom. The number of nitrogens with zero attached hydrogens (tertiary/aromatic N) is 2. The maximum absolute atomic E-state index is 13.0. The first-order chi connectivity index (χ1) is 13.6. The molecule has 2 fully saturated rings. The Bertz CT molecular complexity index is 758. The highest BCUT2D eigenvalue weighted by Gasteiger charge is 2.77. The average Bonchev–Trinajstić information content (AvgIpc) is 3.24. The Balaban J connectivity index is 1.84. The average molecular weight is 392 g/mol. The van der Waals surface area contributed by atoms with E-state index in [4.69, 9.17) is 28.7 Å². The maximum Gasteiger partial charge on any atom is 0.355 e. The Kier molecular flexibility index (Phi) is 5.11. The van der Waals surface area contributed by atoms with Gasteiger partial charge in [-0.3, -0.25) is 0 Å². The Morgan fingerprint density at radius 1 is 1.14 bits per heavy atom. The van der Waals surface area contributed by atoms with Crippen LogP contribution in [-0.4, -0.2) is 61.0 Å². The molecule has 28 heavy (non-hydrogen) atoms. The van der Waals surface area contributed by atoms with Crippen LogP contribution in [0.1, 0.15) is 32.3 Å². The van der Waals surface area contributed by atoms with E-state index < -0.39 is 29.7 Å². The molecule has 3 heterocycles. The lowest BCUT2D eigenvalue weighted by Crippen LogP contribution is -2.71. The van der Waals surface area contributed by atoms with Gasteiger partial charge in [0.05, 0.1) is 13.5 Å². The summed E-state index contributed by atoms with van der Waals surface area (Å²) in [5.41, 5.74) is -1.35. The van der Waals surface area contributed by atoms with E-state index in [9.17, 15) is 4.79 Å². The van der Waals surface area contributed by atoms with Crippen LogP contribution in [0.5, 0.6) is 0 Å². The zero-order valence-electron chi connectivity index (χ0n) is 16.1. The van der Waals surface area contributed by atoms with Crippen LogP contribution in [0.4, 0.5) is 0 Å². The van der Waals surface area contributed by atoms with Crippen molar-refractivity contribution in [1.82, 2.24) is 5.23 Å². The Morgan fingerprint density at radius 3 is 2.39 bits per heavy atom. The molecular formula is C19H24N2O7. The fourth-order valence-electron chi connectivity index (χ4n) is 4.10. The van der Waals surface area contributed by atoms with Gasteiger partial charge >= 0.3 is 5.97 Å². The van der Waals surface area contributed by atoms with Gasteiger partial charge in [0.15, 0.2) is 18.1 Å². The largest absolute Gasteiger partial charge is 0.466 e. The van der Waals surface area contributed by atoms with E-state index in [2.05, 4.69) is 5.16 Å². The van der Waals surface area contributed by atoms with Crippen LogP contribution in [0.15, 0.2) is 35.5 Å². The highest BCUT2D eigenvalue weighted by molar-refractivity contribution is 6.12. The van der Waals surface area contributed by atoms with Gasteiger partial charge in [0, 0.05) is 25.2 Å². The molecule has 0 saturated carbocycles. The molecule has 2 saturated heterocycles. The van der Waals surface area contributed by atoms with Gasteiger partial charge in [-0.05, 0) is 19.1 Å². The second-order valence-electron chi connectivity index (χ2n) is 6.72. The number of ether oxygens (including phenoxy) is 3. The van der Waals surface area contributed by atoms with Crippen molar-refractivity contribution in [2.24, 2.45) is 5.16 Å². The topological polar surface area (TPSA) is 88.1 Å². The fraction of sp³-hybridized carbons (Fsp3) is 0.579. The van der Waals surface area contributed by atoms with Gasteiger partial charge < -0.3 is 19.0 Å². The third-order valence-corrected chi connectivity index (χ3v) is 5.27. The minimum absolute atomic E-state index is 0.103. The minimum atomic E-state index is -1.49. The van der Waals surface area contributed by atoms with Crippen LogP contribution < -0.4 is 0 Å². The summed E-state index contributed by atoms with van der Waals surface area (Å²) in [7, 11) is 1.32. The van der Waals surface area contributed by atoms with Crippen molar-refractivity contribution >= 4 is 11.7 Å². The third-order valence-electron chi connectivity index (χ3n) is 5.27. The highest BCUT2D eigenvalue weighted by Crippen LogP contribution is 2.54. The van der Waals surface area contributed by atoms with Crippen molar-refractivity contribution in [2.75, 3.05) is 20.3 Å². The van der Waals surface area contributed by atoms with Gasteiger partial charge in [0.1, 0.15) is 5.71 Å². The van der Waals surface area contributed by atoms with Crippen molar-refractivity contribution in [2.45, 2.75) is 50.4 Å². The summed E-state index contributed by atoms with van der Waals surface area (Å²) in [4.78, 5) is 30.7. The quantitative estimate of drug-likeness (QED) is 0.677. The highest BCUT2D eigenvalue weighted by atomic mass is 17.0. The number of carbonyl (C=O) groups excluding carboxylic acids is 1. The molecule has 0 N–H and O–H groups in total. The molecule has 4 rings (SSSR count). The van der Waals surface area contributed by atoms with E-state index in [1.54, 1.807) is 0 Å². The van der Waals surface area contributed by atoms with E-state index in [0.29, 0.717) is 18.9 Å². The molecule has 1 spiro atoms. The second kappa shape index (κ2) is 7.41. The lowest BCUT2D eigenvalue weighted by molar-refractivity contribution is -0.472. The number of oxime groups is 1. The number of esters is 1. The van der Waals surface area contributed by atoms with Crippen LogP contribution in [0.3, 0.4) is 0 Å². The molecule has 1 aromatic rings. The standard InChI is InChI=1S/C19H24N2O7/c1-4-24-14-11-18-16(13-9-7-6-8-10-13)20-28-19(18,17(22)23-3)12-15(25-5-2)27-21(18)26-14/h6-10,14-15H,4-5,11-12H2,1-3H3/t14-,15-,18-,19+/m1/s1. The number of hydrogen-bond donors (Lipinski definition) is 0. The minimum Gasteiger partial charge on any atom is -0.466 e. The smallest absolute Gasteiger partial charge is 0.355 e. The van der Waals surface area contributed by atoms with E-state index in [1.807, 2.05) is 44.2 Å². The summed E-state index contributed by atoms with van der Waals surface area (Å²) in [6.45, 7) is 4.54. The van der Waals surface area contributed by atoms with Crippen LogP contribution in [0, 0.1) is 0 Å². The summed E-state index contributed by atoms with van der Waals surface area (Å²) in [6, 6.07) is 9.47. The van der Waals surface area contributed by atoms with Crippen LogP contribution in [0.2, 0.25) is 0 Å². The zero-order valence-corrected chi connectivity index (χ0v) is 16.1.